The number of H-pyrrole nitrogens is 1. The molecule has 1 heteroatoms. The molecule has 18 heavy (non-hydrogen) atoms. The van der Waals surface area contributed by atoms with Crippen LogP contribution in [0.15, 0.2) is 54.6 Å². The van der Waals surface area contributed by atoms with Crippen LogP contribution in [0, 0.1) is 6.92 Å². The topological polar surface area (TPSA) is 15.8 Å². The van der Waals surface area contributed by atoms with Crippen LogP contribution in [-0.2, 0) is 0 Å². The summed E-state index contributed by atoms with van der Waals surface area (Å²) in [6.07, 6.45) is 0. The molecule has 0 radical (unpaired) electrons. The molecule has 2 aromatic carbocycles. The predicted octanol–water partition coefficient (Wildman–Crippen LogP) is 4.63. The van der Waals surface area contributed by atoms with Gasteiger partial charge in [-0.25, -0.2) is 0 Å². The van der Waals surface area contributed by atoms with Gasteiger partial charge in [0.25, 0.3) is 0 Å². The van der Waals surface area contributed by atoms with Gasteiger partial charge in [-0.1, -0.05) is 55.5 Å². The molecule has 1 aromatic heterocycles. The number of rotatable bonds is 2. The summed E-state index contributed by atoms with van der Waals surface area (Å²) < 4.78 is 0. The minimum atomic E-state index is 0.419. The maximum Gasteiger partial charge on any atom is 0.0459 e. The molecule has 0 saturated heterocycles. The zero-order valence-electron chi connectivity index (χ0n) is 10.8. The van der Waals surface area contributed by atoms with Crippen molar-refractivity contribution in [1.29, 1.82) is 0 Å². The van der Waals surface area contributed by atoms with E-state index in [9.17, 15) is 0 Å². The summed E-state index contributed by atoms with van der Waals surface area (Å²) in [5.74, 6) is 0.419. The van der Waals surface area contributed by atoms with Gasteiger partial charge >= 0.3 is 0 Å². The second kappa shape index (κ2) is 4.34. The summed E-state index contributed by atoms with van der Waals surface area (Å²) in [5, 5.41) is 1.34. The Labute approximate surface area is 107 Å². The van der Waals surface area contributed by atoms with Gasteiger partial charge in [-0.15, -0.1) is 0 Å². The molecule has 1 heterocycles. The fraction of sp³-hybridized carbons (Fsp3) is 0.176. The highest BCUT2D eigenvalue weighted by Gasteiger charge is 2.15. The molecular weight excluding hydrogens is 218 g/mol. The van der Waals surface area contributed by atoms with Crippen molar-refractivity contribution in [2.75, 3.05) is 0 Å². The maximum absolute atomic E-state index is 3.48. The van der Waals surface area contributed by atoms with Crippen LogP contribution in [0.3, 0.4) is 0 Å². The van der Waals surface area contributed by atoms with Crippen molar-refractivity contribution >= 4 is 10.9 Å². The van der Waals surface area contributed by atoms with Crippen molar-refractivity contribution in [3.63, 3.8) is 0 Å². The average molecular weight is 235 g/mol. The highest BCUT2D eigenvalue weighted by atomic mass is 14.7. The molecule has 0 unspecified atom stereocenters. The van der Waals surface area contributed by atoms with Crippen molar-refractivity contribution < 1.29 is 0 Å². The largest absolute Gasteiger partial charge is 0.358 e. The summed E-state index contributed by atoms with van der Waals surface area (Å²) in [7, 11) is 0. The normalized spacial score (nSPS) is 12.8. The van der Waals surface area contributed by atoms with Crippen molar-refractivity contribution in [3.8, 4) is 0 Å². The summed E-state index contributed by atoms with van der Waals surface area (Å²) in [5.41, 5.74) is 5.28. The van der Waals surface area contributed by atoms with Gasteiger partial charge < -0.3 is 4.98 Å². The van der Waals surface area contributed by atoms with Gasteiger partial charge in [0.2, 0.25) is 0 Å². The average Bonchev–Trinajstić information content (AvgIpc) is 2.75. The van der Waals surface area contributed by atoms with Crippen LogP contribution in [-0.4, -0.2) is 4.98 Å². The number of aryl methyl sites for hydroxylation is 1. The lowest BCUT2D eigenvalue weighted by Gasteiger charge is -2.12. The maximum atomic E-state index is 3.48. The molecule has 3 aromatic rings. The SMILES string of the molecule is Cc1[nH]c2ccccc2c1[C@@H](C)c1ccccc1. The third-order valence-corrected chi connectivity index (χ3v) is 3.68. The fourth-order valence-corrected chi connectivity index (χ4v) is 2.76. The number of hydrogen-bond donors (Lipinski definition) is 1. The Morgan fingerprint density at radius 1 is 0.889 bits per heavy atom. The monoisotopic (exact) mass is 235 g/mol. The van der Waals surface area contributed by atoms with E-state index in [1.165, 1.54) is 27.7 Å². The molecule has 3 rings (SSSR count). The van der Waals surface area contributed by atoms with E-state index in [0.29, 0.717) is 5.92 Å². The molecular formula is C17H17N. The van der Waals surface area contributed by atoms with Crippen molar-refractivity contribution in [2.45, 2.75) is 19.8 Å². The van der Waals surface area contributed by atoms with Gasteiger partial charge in [0.05, 0.1) is 0 Å². The number of aromatic amines is 1. The Bertz CT molecular complexity index is 664. The summed E-state index contributed by atoms with van der Waals surface area (Å²) in [4.78, 5) is 3.48. The van der Waals surface area contributed by atoms with E-state index in [2.05, 4.69) is 73.4 Å². The van der Waals surface area contributed by atoms with E-state index in [-0.39, 0.29) is 0 Å². The van der Waals surface area contributed by atoms with Gasteiger partial charge in [0, 0.05) is 22.5 Å². The van der Waals surface area contributed by atoms with Crippen LogP contribution in [0.4, 0.5) is 0 Å². The number of aromatic nitrogens is 1. The van der Waals surface area contributed by atoms with Gasteiger partial charge in [-0.05, 0) is 24.1 Å². The van der Waals surface area contributed by atoms with Crippen LogP contribution in [0.25, 0.3) is 10.9 Å². The van der Waals surface area contributed by atoms with E-state index < -0.39 is 0 Å². The smallest absolute Gasteiger partial charge is 0.0459 e. The zero-order valence-corrected chi connectivity index (χ0v) is 10.8. The van der Waals surface area contributed by atoms with Crippen molar-refractivity contribution in [2.24, 2.45) is 0 Å². The molecule has 90 valence electrons. The quantitative estimate of drug-likeness (QED) is 0.666. The molecule has 0 bridgehead atoms. The number of fused-ring (bicyclic) bond motifs is 1. The Morgan fingerprint density at radius 2 is 1.56 bits per heavy atom. The minimum absolute atomic E-state index is 0.419. The Balaban J connectivity index is 2.17. The van der Waals surface area contributed by atoms with Crippen LogP contribution in [0.5, 0.6) is 0 Å². The second-order valence-electron chi connectivity index (χ2n) is 4.84. The highest BCUT2D eigenvalue weighted by Crippen LogP contribution is 2.32. The molecule has 0 spiro atoms. The molecule has 0 aliphatic carbocycles. The Kier molecular flexibility index (Phi) is 2.67. The number of hydrogen-bond acceptors (Lipinski definition) is 0. The van der Waals surface area contributed by atoms with Crippen LogP contribution in [0.1, 0.15) is 29.7 Å². The molecule has 1 N–H and O–H groups in total. The van der Waals surface area contributed by atoms with Crippen LogP contribution in [0.2, 0.25) is 0 Å². The minimum Gasteiger partial charge on any atom is -0.358 e. The van der Waals surface area contributed by atoms with E-state index in [1.807, 2.05) is 0 Å². The van der Waals surface area contributed by atoms with Crippen molar-refractivity contribution in [1.82, 2.24) is 4.98 Å². The first-order chi connectivity index (χ1) is 8.77. The van der Waals surface area contributed by atoms with Gasteiger partial charge in [0.1, 0.15) is 0 Å². The molecule has 1 nitrogen and oxygen atoms in total. The van der Waals surface area contributed by atoms with Gasteiger partial charge in [-0.3, -0.25) is 0 Å². The lowest BCUT2D eigenvalue weighted by Crippen LogP contribution is -1.96. The summed E-state index contributed by atoms with van der Waals surface area (Å²) in [6, 6.07) is 19.2. The van der Waals surface area contributed by atoms with Gasteiger partial charge in [-0.2, -0.15) is 0 Å². The first-order valence-corrected chi connectivity index (χ1v) is 6.39. The molecule has 0 fully saturated rings. The van der Waals surface area contributed by atoms with E-state index in [0.717, 1.165) is 0 Å². The third-order valence-electron chi connectivity index (χ3n) is 3.68. The Hall–Kier alpha value is -2.02. The summed E-state index contributed by atoms with van der Waals surface area (Å²) in [6.45, 7) is 4.44. The first kappa shape index (κ1) is 11.1. The van der Waals surface area contributed by atoms with Gasteiger partial charge in [0.15, 0.2) is 0 Å². The number of nitrogens with one attached hydrogen (secondary N) is 1. The van der Waals surface area contributed by atoms with E-state index >= 15 is 0 Å². The lowest BCUT2D eigenvalue weighted by atomic mass is 9.91. The highest BCUT2D eigenvalue weighted by molar-refractivity contribution is 5.85. The zero-order chi connectivity index (χ0) is 12.5. The van der Waals surface area contributed by atoms with Crippen LogP contribution >= 0.6 is 0 Å². The molecule has 1 atom stereocenters. The molecule has 0 aliphatic rings. The van der Waals surface area contributed by atoms with E-state index in [4.69, 9.17) is 0 Å². The molecule has 0 aliphatic heterocycles. The molecule has 0 amide bonds. The van der Waals surface area contributed by atoms with Crippen LogP contribution < -0.4 is 0 Å². The standard InChI is InChI=1S/C17H17N/c1-12(14-8-4-3-5-9-14)17-13(2)18-16-11-7-6-10-15(16)17/h3-12,18H,1-2H3/t12-/m0/s1. The molecule has 0 saturated carbocycles. The lowest BCUT2D eigenvalue weighted by molar-refractivity contribution is 0.917. The number of benzene rings is 2. The number of para-hydroxylation sites is 1. The predicted molar refractivity (Wildman–Crippen MR) is 77.0 cm³/mol. The summed E-state index contributed by atoms with van der Waals surface area (Å²) >= 11 is 0. The van der Waals surface area contributed by atoms with E-state index in [1.54, 1.807) is 0 Å². The van der Waals surface area contributed by atoms with Crippen molar-refractivity contribution in [3.05, 3.63) is 71.4 Å². The first-order valence-electron chi connectivity index (χ1n) is 6.39. The third kappa shape index (κ3) is 1.72. The Morgan fingerprint density at radius 3 is 2.33 bits per heavy atom. The fourth-order valence-electron chi connectivity index (χ4n) is 2.76. The second-order valence-corrected chi connectivity index (χ2v) is 4.84.